The lowest BCUT2D eigenvalue weighted by Gasteiger charge is -2.38. The summed E-state index contributed by atoms with van der Waals surface area (Å²) in [7, 11) is 0. The van der Waals surface area contributed by atoms with E-state index in [-0.39, 0.29) is 11.7 Å². The van der Waals surface area contributed by atoms with Gasteiger partial charge in [-0.2, -0.15) is 0 Å². The summed E-state index contributed by atoms with van der Waals surface area (Å²) >= 11 is 0. The molecule has 0 radical (unpaired) electrons. The summed E-state index contributed by atoms with van der Waals surface area (Å²) in [6.07, 6.45) is 3.28. The first-order chi connectivity index (χ1) is 17.2. The number of anilines is 1. The van der Waals surface area contributed by atoms with Crippen LogP contribution in [0.25, 0.3) is 0 Å². The van der Waals surface area contributed by atoms with E-state index in [0.717, 1.165) is 83.9 Å². The molecule has 1 atom stereocenters. The Morgan fingerprint density at radius 2 is 1.69 bits per heavy atom. The van der Waals surface area contributed by atoms with Gasteiger partial charge in [-0.15, -0.1) is 0 Å². The number of carbonyl (C=O) groups excluding carboxylic acids is 1. The zero-order valence-electron chi connectivity index (χ0n) is 20.5. The number of amides is 1. The Morgan fingerprint density at radius 1 is 0.943 bits per heavy atom. The lowest BCUT2D eigenvalue weighted by molar-refractivity contribution is 0.0383. The fourth-order valence-corrected chi connectivity index (χ4v) is 5.75. The van der Waals surface area contributed by atoms with Crippen molar-refractivity contribution in [1.82, 2.24) is 15.1 Å². The number of halogens is 1. The fourth-order valence-electron chi connectivity index (χ4n) is 5.75. The third kappa shape index (κ3) is 6.02. The van der Waals surface area contributed by atoms with Crippen molar-refractivity contribution in [2.45, 2.75) is 31.2 Å². The lowest BCUT2D eigenvalue weighted by atomic mass is 9.97. The standard InChI is InChI=1S/C28H37FN4O2/c29-27-4-2-1-3-26(27)23-9-13-33(21-23)25-10-14-32(15-11-25)24-7-5-22(6-8-24)28(34)30-12-16-31-17-19-35-20-18-31/h1-8,23,25H,9-21H2,(H,30,34). The van der Waals surface area contributed by atoms with E-state index in [1.165, 1.54) is 5.69 Å². The Morgan fingerprint density at radius 3 is 2.43 bits per heavy atom. The van der Waals surface area contributed by atoms with E-state index in [2.05, 4.69) is 32.1 Å². The summed E-state index contributed by atoms with van der Waals surface area (Å²) in [6, 6.07) is 15.8. The molecule has 0 aliphatic carbocycles. The molecule has 188 valence electrons. The molecule has 35 heavy (non-hydrogen) atoms. The maximum Gasteiger partial charge on any atom is 0.251 e. The summed E-state index contributed by atoms with van der Waals surface area (Å²) in [5.41, 5.74) is 2.76. The van der Waals surface area contributed by atoms with E-state index in [9.17, 15) is 9.18 Å². The Kier molecular flexibility index (Phi) is 7.96. The molecule has 0 bridgehead atoms. The van der Waals surface area contributed by atoms with Gasteiger partial charge in [0.15, 0.2) is 0 Å². The zero-order valence-corrected chi connectivity index (χ0v) is 20.5. The highest BCUT2D eigenvalue weighted by atomic mass is 19.1. The molecule has 3 heterocycles. The highest BCUT2D eigenvalue weighted by Crippen LogP contribution is 2.32. The summed E-state index contributed by atoms with van der Waals surface area (Å²) < 4.78 is 19.6. The third-order valence-corrected chi connectivity index (χ3v) is 7.86. The molecule has 0 aromatic heterocycles. The molecule has 6 nitrogen and oxygen atoms in total. The Hall–Kier alpha value is -2.48. The van der Waals surface area contributed by atoms with Gasteiger partial charge < -0.3 is 15.0 Å². The molecular formula is C28H37FN4O2. The molecule has 1 N–H and O–H groups in total. The van der Waals surface area contributed by atoms with Gasteiger partial charge in [0.2, 0.25) is 0 Å². The first-order valence-corrected chi connectivity index (χ1v) is 13.1. The molecule has 3 fully saturated rings. The number of carbonyl (C=O) groups is 1. The van der Waals surface area contributed by atoms with E-state index in [1.54, 1.807) is 12.1 Å². The van der Waals surface area contributed by atoms with E-state index in [0.29, 0.717) is 24.1 Å². The number of benzene rings is 2. The minimum atomic E-state index is -0.0663. The predicted molar refractivity (Wildman–Crippen MR) is 137 cm³/mol. The van der Waals surface area contributed by atoms with Gasteiger partial charge in [-0.25, -0.2) is 4.39 Å². The highest BCUT2D eigenvalue weighted by Gasteiger charge is 2.32. The molecule has 0 saturated carbocycles. The quantitative estimate of drug-likeness (QED) is 0.659. The number of hydrogen-bond acceptors (Lipinski definition) is 5. The van der Waals surface area contributed by atoms with Crippen LogP contribution < -0.4 is 10.2 Å². The van der Waals surface area contributed by atoms with Crippen molar-refractivity contribution in [2.24, 2.45) is 0 Å². The molecule has 3 aliphatic rings. The second-order valence-electron chi connectivity index (χ2n) is 9.98. The number of morpholine rings is 1. The Bertz CT molecular complexity index is 971. The smallest absolute Gasteiger partial charge is 0.251 e. The first-order valence-electron chi connectivity index (χ1n) is 13.1. The molecule has 3 saturated heterocycles. The SMILES string of the molecule is O=C(NCCN1CCOCC1)c1ccc(N2CCC(N3CCC(c4ccccc4F)C3)CC2)cc1. The average molecular weight is 481 g/mol. The van der Waals surface area contributed by atoms with Crippen molar-refractivity contribution in [3.63, 3.8) is 0 Å². The van der Waals surface area contributed by atoms with Gasteiger partial charge in [0.1, 0.15) is 5.82 Å². The number of nitrogens with zero attached hydrogens (tertiary/aromatic N) is 3. The zero-order chi connectivity index (χ0) is 24.0. The number of ether oxygens (including phenoxy) is 1. The largest absolute Gasteiger partial charge is 0.379 e. The number of rotatable bonds is 7. The van der Waals surface area contributed by atoms with Crippen LogP contribution in [0.2, 0.25) is 0 Å². The van der Waals surface area contributed by atoms with Crippen molar-refractivity contribution in [3.05, 3.63) is 65.5 Å². The van der Waals surface area contributed by atoms with Crippen molar-refractivity contribution in [3.8, 4) is 0 Å². The van der Waals surface area contributed by atoms with Crippen molar-refractivity contribution >= 4 is 11.6 Å². The van der Waals surface area contributed by atoms with Crippen LogP contribution in [0.4, 0.5) is 10.1 Å². The van der Waals surface area contributed by atoms with Gasteiger partial charge in [-0.3, -0.25) is 14.6 Å². The molecule has 2 aromatic carbocycles. The maximum atomic E-state index is 14.2. The minimum absolute atomic E-state index is 0.0121. The molecule has 7 heteroatoms. The third-order valence-electron chi connectivity index (χ3n) is 7.86. The topological polar surface area (TPSA) is 48.1 Å². The van der Waals surface area contributed by atoms with Gasteiger partial charge in [0, 0.05) is 69.0 Å². The molecule has 0 spiro atoms. The van der Waals surface area contributed by atoms with E-state index in [1.807, 2.05) is 24.3 Å². The maximum absolute atomic E-state index is 14.2. The Labute approximate surface area is 208 Å². The van der Waals surface area contributed by atoms with Crippen LogP contribution in [0, 0.1) is 5.82 Å². The molecule has 5 rings (SSSR count). The second kappa shape index (κ2) is 11.5. The van der Waals surface area contributed by atoms with E-state index < -0.39 is 0 Å². The van der Waals surface area contributed by atoms with Crippen molar-refractivity contribution in [1.29, 1.82) is 0 Å². The van der Waals surface area contributed by atoms with Crippen LogP contribution >= 0.6 is 0 Å². The molecule has 3 aliphatic heterocycles. The van der Waals surface area contributed by atoms with Crippen LogP contribution in [-0.4, -0.2) is 87.3 Å². The lowest BCUT2D eigenvalue weighted by Crippen LogP contribution is -2.44. The number of piperidine rings is 1. The van der Waals surface area contributed by atoms with Crippen LogP contribution in [-0.2, 0) is 4.74 Å². The summed E-state index contributed by atoms with van der Waals surface area (Å²) in [4.78, 5) is 19.8. The number of likely N-dealkylation sites (tertiary alicyclic amines) is 1. The molecule has 1 unspecified atom stereocenters. The van der Waals surface area contributed by atoms with Crippen molar-refractivity contribution < 1.29 is 13.9 Å². The van der Waals surface area contributed by atoms with E-state index in [4.69, 9.17) is 4.74 Å². The summed E-state index contributed by atoms with van der Waals surface area (Å²) in [5.74, 6) is 0.229. The van der Waals surface area contributed by atoms with Gasteiger partial charge in [0.05, 0.1) is 13.2 Å². The van der Waals surface area contributed by atoms with Gasteiger partial charge in [0.25, 0.3) is 5.91 Å². The van der Waals surface area contributed by atoms with Gasteiger partial charge in [-0.05, 0) is 61.7 Å². The summed E-state index contributed by atoms with van der Waals surface area (Å²) in [5, 5.41) is 3.04. The molecule has 1 amide bonds. The summed E-state index contributed by atoms with van der Waals surface area (Å²) in [6.45, 7) is 8.98. The minimum Gasteiger partial charge on any atom is -0.379 e. The van der Waals surface area contributed by atoms with Crippen molar-refractivity contribution in [2.75, 3.05) is 70.5 Å². The van der Waals surface area contributed by atoms with Gasteiger partial charge in [-0.1, -0.05) is 18.2 Å². The highest BCUT2D eigenvalue weighted by molar-refractivity contribution is 5.94. The molecular weight excluding hydrogens is 443 g/mol. The van der Waals surface area contributed by atoms with Crippen LogP contribution in [0.15, 0.2) is 48.5 Å². The fraction of sp³-hybridized carbons (Fsp3) is 0.536. The average Bonchev–Trinajstić information content (AvgIpc) is 3.40. The van der Waals surface area contributed by atoms with Crippen LogP contribution in [0.3, 0.4) is 0 Å². The first kappa shape index (κ1) is 24.2. The number of nitrogens with one attached hydrogen (secondary N) is 1. The van der Waals surface area contributed by atoms with Crippen LogP contribution in [0.5, 0.6) is 0 Å². The normalized spacial score (nSPS) is 22.4. The molecule has 2 aromatic rings. The monoisotopic (exact) mass is 480 g/mol. The number of hydrogen-bond donors (Lipinski definition) is 1. The second-order valence-corrected chi connectivity index (χ2v) is 9.98. The Balaban J connectivity index is 1.06. The van der Waals surface area contributed by atoms with E-state index >= 15 is 0 Å². The predicted octanol–water partition coefficient (Wildman–Crippen LogP) is 3.35. The van der Waals surface area contributed by atoms with Gasteiger partial charge >= 0.3 is 0 Å². The van der Waals surface area contributed by atoms with Crippen LogP contribution in [0.1, 0.15) is 41.1 Å².